The number of hydrogen-bond donors (Lipinski definition) is 1. The number of ether oxygens (including phenoxy) is 2. The molecule has 0 amide bonds. The van der Waals surface area contributed by atoms with E-state index in [4.69, 9.17) is 9.47 Å². The molecule has 0 aromatic heterocycles. The average molecular weight is 271 g/mol. The van der Waals surface area contributed by atoms with E-state index in [1.165, 1.54) is 5.56 Å². The minimum atomic E-state index is 0.625. The fraction of sp³-hybridized carbons (Fsp3) is 0.294. The van der Waals surface area contributed by atoms with Crippen LogP contribution in [-0.4, -0.2) is 13.7 Å². The van der Waals surface area contributed by atoms with Gasteiger partial charge in [0.25, 0.3) is 0 Å². The molecule has 0 atom stereocenters. The molecule has 0 aliphatic carbocycles. The molecule has 0 aliphatic heterocycles. The van der Waals surface area contributed by atoms with Gasteiger partial charge in [-0.2, -0.15) is 0 Å². The summed E-state index contributed by atoms with van der Waals surface area (Å²) in [5.41, 5.74) is 2.36. The molecule has 0 unspecified atom stereocenters. The third kappa shape index (κ3) is 3.52. The van der Waals surface area contributed by atoms with Crippen LogP contribution in [0.3, 0.4) is 0 Å². The third-order valence-electron chi connectivity index (χ3n) is 2.99. The molecule has 0 radical (unpaired) electrons. The highest BCUT2D eigenvalue weighted by molar-refractivity contribution is 5.45. The summed E-state index contributed by atoms with van der Waals surface area (Å²) >= 11 is 0. The average Bonchev–Trinajstić information content (AvgIpc) is 2.44. The Morgan fingerprint density at radius 3 is 2.40 bits per heavy atom. The molecule has 2 aromatic rings. The number of nitrogens with one attached hydrogen (secondary N) is 1. The van der Waals surface area contributed by atoms with Gasteiger partial charge < -0.3 is 14.8 Å². The molecule has 0 saturated carbocycles. The predicted octanol–water partition coefficient (Wildman–Crippen LogP) is 3.91. The quantitative estimate of drug-likeness (QED) is 0.864. The molecule has 1 N–H and O–H groups in total. The van der Waals surface area contributed by atoms with Gasteiger partial charge in [-0.25, -0.2) is 0 Å². The minimum Gasteiger partial charge on any atom is -0.490 e. The van der Waals surface area contributed by atoms with E-state index in [9.17, 15) is 0 Å². The summed E-state index contributed by atoms with van der Waals surface area (Å²) in [5, 5.41) is 3.15. The Morgan fingerprint density at radius 1 is 1.00 bits per heavy atom. The molecular formula is C17H21NO2. The number of aryl methyl sites for hydroxylation is 1. The van der Waals surface area contributed by atoms with Crippen molar-refractivity contribution in [2.75, 3.05) is 13.7 Å². The highest BCUT2D eigenvalue weighted by atomic mass is 16.5. The lowest BCUT2D eigenvalue weighted by Crippen LogP contribution is -2.05. The van der Waals surface area contributed by atoms with Gasteiger partial charge in [-0.05, 0) is 50.2 Å². The summed E-state index contributed by atoms with van der Waals surface area (Å²) < 4.78 is 11.6. The number of benzene rings is 2. The second-order valence-corrected chi connectivity index (χ2v) is 4.61. The van der Waals surface area contributed by atoms with Gasteiger partial charge in [0, 0.05) is 6.54 Å². The second kappa shape index (κ2) is 6.96. The second-order valence-electron chi connectivity index (χ2n) is 4.61. The van der Waals surface area contributed by atoms with Crippen LogP contribution in [0.1, 0.15) is 18.1 Å². The van der Waals surface area contributed by atoms with Crippen LogP contribution < -0.4 is 14.8 Å². The SMILES string of the molecule is CCOc1ccccc1Oc1ccc(CNC)cc1C. The predicted molar refractivity (Wildman–Crippen MR) is 81.6 cm³/mol. The zero-order chi connectivity index (χ0) is 14.4. The Balaban J connectivity index is 2.21. The maximum absolute atomic E-state index is 5.98. The zero-order valence-corrected chi connectivity index (χ0v) is 12.3. The summed E-state index contributed by atoms with van der Waals surface area (Å²) in [6.45, 7) is 5.50. The van der Waals surface area contributed by atoms with Crippen LogP contribution in [-0.2, 0) is 6.54 Å². The van der Waals surface area contributed by atoms with Crippen molar-refractivity contribution in [3.8, 4) is 17.2 Å². The third-order valence-corrected chi connectivity index (χ3v) is 2.99. The Kier molecular flexibility index (Phi) is 5.02. The van der Waals surface area contributed by atoms with Gasteiger partial charge in [-0.15, -0.1) is 0 Å². The van der Waals surface area contributed by atoms with Gasteiger partial charge in [-0.1, -0.05) is 24.3 Å². The zero-order valence-electron chi connectivity index (χ0n) is 12.3. The molecule has 106 valence electrons. The summed E-state index contributed by atoms with van der Waals surface area (Å²) in [5.74, 6) is 2.38. The van der Waals surface area contributed by atoms with E-state index in [1.54, 1.807) is 0 Å². The minimum absolute atomic E-state index is 0.625. The topological polar surface area (TPSA) is 30.5 Å². The van der Waals surface area contributed by atoms with E-state index in [0.29, 0.717) is 6.61 Å². The maximum Gasteiger partial charge on any atom is 0.169 e. The summed E-state index contributed by atoms with van der Waals surface area (Å²) in [6.07, 6.45) is 0. The van der Waals surface area contributed by atoms with Gasteiger partial charge in [0.05, 0.1) is 6.61 Å². The smallest absolute Gasteiger partial charge is 0.169 e. The Bertz CT molecular complexity index is 567. The van der Waals surface area contributed by atoms with Crippen LogP contribution in [0.4, 0.5) is 0 Å². The molecule has 3 heteroatoms. The van der Waals surface area contributed by atoms with E-state index in [-0.39, 0.29) is 0 Å². The Morgan fingerprint density at radius 2 is 1.75 bits per heavy atom. The first kappa shape index (κ1) is 14.4. The molecule has 2 rings (SSSR count). The number of rotatable bonds is 6. The largest absolute Gasteiger partial charge is 0.490 e. The van der Waals surface area contributed by atoms with Gasteiger partial charge in [0.15, 0.2) is 11.5 Å². The standard InChI is InChI=1S/C17H21NO2/c1-4-19-16-7-5-6-8-17(16)20-15-10-9-14(12-18-3)11-13(15)2/h5-11,18H,4,12H2,1-3H3. The number of para-hydroxylation sites is 2. The van der Waals surface area contributed by atoms with Crippen molar-refractivity contribution in [1.29, 1.82) is 0 Å². The Labute approximate surface area is 120 Å². The van der Waals surface area contributed by atoms with Gasteiger partial charge in [-0.3, -0.25) is 0 Å². The van der Waals surface area contributed by atoms with E-state index >= 15 is 0 Å². The highest BCUT2D eigenvalue weighted by Gasteiger charge is 2.07. The van der Waals surface area contributed by atoms with Gasteiger partial charge in [0.2, 0.25) is 0 Å². The van der Waals surface area contributed by atoms with Gasteiger partial charge in [0.1, 0.15) is 5.75 Å². The van der Waals surface area contributed by atoms with Crippen molar-refractivity contribution < 1.29 is 9.47 Å². The van der Waals surface area contributed by atoms with Crippen LogP contribution in [0, 0.1) is 6.92 Å². The van der Waals surface area contributed by atoms with Crippen LogP contribution in [0.5, 0.6) is 17.2 Å². The van der Waals surface area contributed by atoms with Crippen LogP contribution in [0.25, 0.3) is 0 Å². The Hall–Kier alpha value is -2.00. The molecule has 0 spiro atoms. The lowest BCUT2D eigenvalue weighted by molar-refractivity contribution is 0.321. The van der Waals surface area contributed by atoms with Crippen LogP contribution in [0.15, 0.2) is 42.5 Å². The van der Waals surface area contributed by atoms with Crippen molar-refractivity contribution >= 4 is 0 Å². The lowest BCUT2D eigenvalue weighted by Gasteiger charge is -2.13. The van der Waals surface area contributed by atoms with E-state index in [1.807, 2.05) is 44.3 Å². The van der Waals surface area contributed by atoms with E-state index in [0.717, 1.165) is 29.4 Å². The molecule has 2 aromatic carbocycles. The van der Waals surface area contributed by atoms with E-state index < -0.39 is 0 Å². The van der Waals surface area contributed by atoms with Crippen molar-refractivity contribution in [2.45, 2.75) is 20.4 Å². The molecule has 0 fully saturated rings. The van der Waals surface area contributed by atoms with Crippen LogP contribution in [0.2, 0.25) is 0 Å². The highest BCUT2D eigenvalue weighted by Crippen LogP contribution is 2.33. The molecular weight excluding hydrogens is 250 g/mol. The van der Waals surface area contributed by atoms with E-state index in [2.05, 4.69) is 24.4 Å². The fourth-order valence-electron chi connectivity index (χ4n) is 2.07. The summed E-state index contributed by atoms with van der Waals surface area (Å²) in [4.78, 5) is 0. The first-order valence-corrected chi connectivity index (χ1v) is 6.88. The normalized spacial score (nSPS) is 10.3. The molecule has 0 heterocycles. The van der Waals surface area contributed by atoms with Crippen molar-refractivity contribution in [3.63, 3.8) is 0 Å². The van der Waals surface area contributed by atoms with Gasteiger partial charge >= 0.3 is 0 Å². The number of hydrogen-bond acceptors (Lipinski definition) is 3. The molecule has 0 bridgehead atoms. The first-order chi connectivity index (χ1) is 9.74. The molecule has 20 heavy (non-hydrogen) atoms. The monoisotopic (exact) mass is 271 g/mol. The molecule has 3 nitrogen and oxygen atoms in total. The fourth-order valence-corrected chi connectivity index (χ4v) is 2.07. The molecule has 0 aliphatic rings. The lowest BCUT2D eigenvalue weighted by atomic mass is 10.1. The summed E-state index contributed by atoms with van der Waals surface area (Å²) in [6, 6.07) is 13.9. The molecule has 0 saturated heterocycles. The van der Waals surface area contributed by atoms with Crippen molar-refractivity contribution in [3.05, 3.63) is 53.6 Å². The summed E-state index contributed by atoms with van der Waals surface area (Å²) in [7, 11) is 1.94. The van der Waals surface area contributed by atoms with Crippen molar-refractivity contribution in [1.82, 2.24) is 5.32 Å². The van der Waals surface area contributed by atoms with Crippen molar-refractivity contribution in [2.24, 2.45) is 0 Å². The van der Waals surface area contributed by atoms with Crippen LogP contribution >= 0.6 is 0 Å². The first-order valence-electron chi connectivity index (χ1n) is 6.88. The maximum atomic E-state index is 5.98.